The Morgan fingerprint density at radius 2 is 1.79 bits per heavy atom. The lowest BCUT2D eigenvalue weighted by molar-refractivity contribution is 0.0468. The molecular weight excluding hydrogens is 344 g/mol. The Hall–Kier alpha value is -1.79. The quantitative estimate of drug-likeness (QED) is 0.764. The summed E-state index contributed by atoms with van der Waals surface area (Å²) in [6.07, 6.45) is 0.625. The minimum absolute atomic E-state index is 0.00178. The minimum atomic E-state index is -2.93. The number of carbonyl (C=O) groups excluding carboxylic acids is 1. The van der Waals surface area contributed by atoms with Crippen LogP contribution in [0, 0.1) is 0 Å². The van der Waals surface area contributed by atoms with Crippen molar-refractivity contribution in [1.29, 1.82) is 0 Å². The standard InChI is InChI=1S/C18H18O4S2/c19-18(22-12-14-6-2-1-3-7-14)16-8-4-5-9-17(16)23-15-10-11-24(20,21)13-15/h1-9,15H,10-13H2/t15-/m0/s1. The van der Waals surface area contributed by atoms with Crippen molar-refractivity contribution in [2.24, 2.45) is 0 Å². The molecule has 1 saturated heterocycles. The van der Waals surface area contributed by atoms with E-state index < -0.39 is 9.84 Å². The summed E-state index contributed by atoms with van der Waals surface area (Å²) in [5.41, 5.74) is 1.42. The molecule has 0 unspecified atom stereocenters. The fourth-order valence-corrected chi connectivity index (χ4v) is 6.19. The van der Waals surface area contributed by atoms with Gasteiger partial charge in [-0.2, -0.15) is 0 Å². The molecule has 0 radical (unpaired) electrons. The molecule has 126 valence electrons. The SMILES string of the molecule is O=C(OCc1ccccc1)c1ccccc1S[C@H]1CCS(=O)(=O)C1. The molecule has 0 aliphatic carbocycles. The molecule has 0 amide bonds. The van der Waals surface area contributed by atoms with Gasteiger partial charge in [0, 0.05) is 10.1 Å². The molecule has 3 rings (SSSR count). The number of sulfone groups is 1. The van der Waals surface area contributed by atoms with Crippen molar-refractivity contribution in [1.82, 2.24) is 0 Å². The highest BCUT2D eigenvalue weighted by Gasteiger charge is 2.29. The van der Waals surface area contributed by atoms with Gasteiger partial charge in [0.2, 0.25) is 0 Å². The molecular formula is C18H18O4S2. The van der Waals surface area contributed by atoms with E-state index in [-0.39, 0.29) is 29.3 Å². The fraction of sp³-hybridized carbons (Fsp3) is 0.278. The molecule has 0 spiro atoms. The van der Waals surface area contributed by atoms with Crippen LogP contribution in [-0.4, -0.2) is 31.1 Å². The molecule has 0 N–H and O–H groups in total. The minimum Gasteiger partial charge on any atom is -0.457 e. The van der Waals surface area contributed by atoms with Gasteiger partial charge in [-0.15, -0.1) is 11.8 Å². The first-order valence-corrected chi connectivity index (χ1v) is 10.4. The molecule has 2 aromatic carbocycles. The number of esters is 1. The highest BCUT2D eigenvalue weighted by atomic mass is 32.2. The van der Waals surface area contributed by atoms with Crippen LogP contribution in [0.25, 0.3) is 0 Å². The number of hydrogen-bond acceptors (Lipinski definition) is 5. The van der Waals surface area contributed by atoms with E-state index in [2.05, 4.69) is 0 Å². The van der Waals surface area contributed by atoms with Crippen molar-refractivity contribution in [2.45, 2.75) is 23.2 Å². The third-order valence-corrected chi connectivity index (χ3v) is 7.13. The first-order valence-electron chi connectivity index (χ1n) is 7.71. The van der Waals surface area contributed by atoms with E-state index in [0.717, 1.165) is 10.5 Å². The van der Waals surface area contributed by atoms with Crippen molar-refractivity contribution < 1.29 is 17.9 Å². The van der Waals surface area contributed by atoms with E-state index in [4.69, 9.17) is 4.74 Å². The molecule has 4 nitrogen and oxygen atoms in total. The summed E-state index contributed by atoms with van der Waals surface area (Å²) in [7, 11) is -2.93. The third kappa shape index (κ3) is 4.39. The Labute approximate surface area is 146 Å². The average molecular weight is 362 g/mol. The Morgan fingerprint density at radius 1 is 1.08 bits per heavy atom. The first-order chi connectivity index (χ1) is 11.5. The van der Waals surface area contributed by atoms with E-state index in [1.807, 2.05) is 42.5 Å². The normalized spacial score (nSPS) is 19.1. The molecule has 1 aliphatic heterocycles. The Kier molecular flexibility index (Phi) is 5.26. The largest absolute Gasteiger partial charge is 0.457 e. The number of carbonyl (C=O) groups is 1. The molecule has 1 atom stereocenters. The summed E-state index contributed by atoms with van der Waals surface area (Å²) < 4.78 is 28.6. The molecule has 0 aromatic heterocycles. The van der Waals surface area contributed by atoms with E-state index >= 15 is 0 Å². The van der Waals surface area contributed by atoms with E-state index in [0.29, 0.717) is 12.0 Å². The second-order valence-electron chi connectivity index (χ2n) is 5.70. The second-order valence-corrected chi connectivity index (χ2v) is 9.27. The van der Waals surface area contributed by atoms with E-state index in [1.54, 1.807) is 12.1 Å². The van der Waals surface area contributed by atoms with Crippen LogP contribution in [0.1, 0.15) is 22.3 Å². The van der Waals surface area contributed by atoms with Crippen LogP contribution in [0.15, 0.2) is 59.5 Å². The van der Waals surface area contributed by atoms with Crippen LogP contribution < -0.4 is 0 Å². The number of thioether (sulfide) groups is 1. The van der Waals surface area contributed by atoms with Gasteiger partial charge in [-0.05, 0) is 24.1 Å². The second kappa shape index (κ2) is 7.40. The summed E-state index contributed by atoms with van der Waals surface area (Å²) in [4.78, 5) is 13.2. The van der Waals surface area contributed by atoms with Gasteiger partial charge in [0.25, 0.3) is 0 Å². The number of hydrogen-bond donors (Lipinski definition) is 0. The van der Waals surface area contributed by atoms with Crippen LogP contribution in [0.3, 0.4) is 0 Å². The summed E-state index contributed by atoms with van der Waals surface area (Å²) in [6, 6.07) is 16.7. The van der Waals surface area contributed by atoms with Crippen LogP contribution in [0.4, 0.5) is 0 Å². The Morgan fingerprint density at radius 3 is 2.50 bits per heavy atom. The molecule has 0 saturated carbocycles. The van der Waals surface area contributed by atoms with Crippen molar-refractivity contribution >= 4 is 27.6 Å². The van der Waals surface area contributed by atoms with Gasteiger partial charge in [0.15, 0.2) is 9.84 Å². The van der Waals surface area contributed by atoms with Crippen molar-refractivity contribution in [3.05, 3.63) is 65.7 Å². The number of rotatable bonds is 5. The Balaban J connectivity index is 1.68. The molecule has 6 heteroatoms. The van der Waals surface area contributed by atoms with Gasteiger partial charge >= 0.3 is 5.97 Å². The molecule has 24 heavy (non-hydrogen) atoms. The average Bonchev–Trinajstić information content (AvgIpc) is 2.93. The lowest BCUT2D eigenvalue weighted by Crippen LogP contribution is -2.09. The van der Waals surface area contributed by atoms with Gasteiger partial charge in [-0.1, -0.05) is 42.5 Å². The molecule has 1 heterocycles. The van der Waals surface area contributed by atoms with E-state index in [9.17, 15) is 13.2 Å². The van der Waals surface area contributed by atoms with Gasteiger partial charge < -0.3 is 4.74 Å². The van der Waals surface area contributed by atoms with Crippen LogP contribution in [-0.2, 0) is 21.2 Å². The van der Waals surface area contributed by atoms with Gasteiger partial charge in [-0.25, -0.2) is 13.2 Å². The van der Waals surface area contributed by atoms with Crippen molar-refractivity contribution in [3.8, 4) is 0 Å². The van der Waals surface area contributed by atoms with Crippen LogP contribution in [0.2, 0.25) is 0 Å². The number of ether oxygens (including phenoxy) is 1. The molecule has 2 aromatic rings. The van der Waals surface area contributed by atoms with Gasteiger partial charge in [0.05, 0.1) is 17.1 Å². The predicted molar refractivity (Wildman–Crippen MR) is 94.9 cm³/mol. The highest BCUT2D eigenvalue weighted by molar-refractivity contribution is 8.02. The first kappa shape index (κ1) is 17.0. The molecule has 0 bridgehead atoms. The Bertz CT molecular complexity index is 816. The maximum absolute atomic E-state index is 12.4. The summed E-state index contributed by atoms with van der Waals surface area (Å²) in [6.45, 7) is 0.219. The van der Waals surface area contributed by atoms with Gasteiger partial charge in [-0.3, -0.25) is 0 Å². The summed E-state index contributed by atoms with van der Waals surface area (Å²) in [5.74, 6) is 0.0129. The topological polar surface area (TPSA) is 60.4 Å². The number of benzene rings is 2. The zero-order valence-electron chi connectivity index (χ0n) is 13.1. The van der Waals surface area contributed by atoms with Crippen LogP contribution >= 0.6 is 11.8 Å². The summed E-state index contributed by atoms with van der Waals surface area (Å²) in [5, 5.41) is -0.00178. The fourth-order valence-electron chi connectivity index (χ4n) is 2.57. The maximum atomic E-state index is 12.4. The van der Waals surface area contributed by atoms with E-state index in [1.165, 1.54) is 11.8 Å². The molecule has 1 fully saturated rings. The third-order valence-electron chi connectivity index (χ3n) is 3.80. The van der Waals surface area contributed by atoms with Crippen molar-refractivity contribution in [2.75, 3.05) is 11.5 Å². The zero-order chi connectivity index (χ0) is 17.0. The maximum Gasteiger partial charge on any atom is 0.339 e. The smallest absolute Gasteiger partial charge is 0.339 e. The zero-order valence-corrected chi connectivity index (χ0v) is 14.7. The van der Waals surface area contributed by atoms with Crippen LogP contribution in [0.5, 0.6) is 0 Å². The highest BCUT2D eigenvalue weighted by Crippen LogP contribution is 2.33. The van der Waals surface area contributed by atoms with Gasteiger partial charge in [0.1, 0.15) is 6.61 Å². The van der Waals surface area contributed by atoms with Crippen molar-refractivity contribution in [3.63, 3.8) is 0 Å². The lowest BCUT2D eigenvalue weighted by Gasteiger charge is -2.12. The lowest BCUT2D eigenvalue weighted by atomic mass is 10.2. The summed E-state index contributed by atoms with van der Waals surface area (Å²) >= 11 is 1.45. The monoisotopic (exact) mass is 362 g/mol. The predicted octanol–water partition coefficient (Wildman–Crippen LogP) is 3.32. The molecule has 1 aliphatic rings.